The molecule has 9 heteroatoms. The van der Waals surface area contributed by atoms with Crippen LogP contribution in [0.3, 0.4) is 0 Å². The average molecular weight is 531 g/mol. The number of nitrogens with one attached hydrogen (secondary N) is 1. The highest BCUT2D eigenvalue weighted by Gasteiger charge is 2.38. The van der Waals surface area contributed by atoms with Crippen LogP contribution in [-0.2, 0) is 11.4 Å². The Morgan fingerprint density at radius 1 is 1.03 bits per heavy atom. The van der Waals surface area contributed by atoms with Crippen LogP contribution in [0, 0.1) is 11.6 Å². The summed E-state index contributed by atoms with van der Waals surface area (Å²) in [5, 5.41) is 9.70. The molecular formula is C27H22Cl2F2N2O3. The topological polar surface area (TPSA) is 61.8 Å². The molecule has 0 unspecified atom stereocenters. The Labute approximate surface area is 216 Å². The molecule has 0 aromatic heterocycles. The molecule has 186 valence electrons. The second-order valence-electron chi connectivity index (χ2n) is 9.04. The Hall–Kier alpha value is -2.97. The van der Waals surface area contributed by atoms with Crippen LogP contribution in [0.4, 0.5) is 8.78 Å². The van der Waals surface area contributed by atoms with Crippen molar-refractivity contribution in [1.82, 2.24) is 10.4 Å². The lowest BCUT2D eigenvalue weighted by Crippen LogP contribution is -2.44. The van der Waals surface area contributed by atoms with Gasteiger partial charge in [-0.25, -0.2) is 13.6 Å². The Morgan fingerprint density at radius 2 is 1.69 bits per heavy atom. The molecule has 0 aliphatic carbocycles. The van der Waals surface area contributed by atoms with Crippen molar-refractivity contribution in [3.8, 4) is 11.1 Å². The Kier molecular flexibility index (Phi) is 6.74. The smallest absolute Gasteiger partial charge is 0.335 e. The van der Waals surface area contributed by atoms with Gasteiger partial charge in [-0.15, -0.1) is 0 Å². The third-order valence-electron chi connectivity index (χ3n) is 6.63. The number of carboxylic acids is 1. The third kappa shape index (κ3) is 4.97. The van der Waals surface area contributed by atoms with Crippen molar-refractivity contribution in [2.24, 2.45) is 0 Å². The number of halogens is 4. The number of likely N-dealkylation sites (tertiary alicyclic amines) is 1. The molecule has 2 aliphatic rings. The fourth-order valence-corrected chi connectivity index (χ4v) is 5.41. The monoisotopic (exact) mass is 530 g/mol. The van der Waals surface area contributed by atoms with Crippen LogP contribution in [0.2, 0.25) is 10.0 Å². The highest BCUT2D eigenvalue weighted by atomic mass is 35.5. The van der Waals surface area contributed by atoms with Crippen molar-refractivity contribution in [3.05, 3.63) is 99.0 Å². The summed E-state index contributed by atoms with van der Waals surface area (Å²) >= 11 is 12.9. The van der Waals surface area contributed by atoms with Crippen LogP contribution in [-0.4, -0.2) is 34.7 Å². The van der Waals surface area contributed by atoms with E-state index in [2.05, 4.69) is 16.5 Å². The van der Waals surface area contributed by atoms with E-state index in [1.165, 1.54) is 12.1 Å². The number of hydrogen-bond donors (Lipinski definition) is 2. The number of nitrogens with zero attached hydrogens (tertiary/aromatic N) is 1. The fourth-order valence-electron chi connectivity index (χ4n) is 4.67. The number of rotatable bonds is 5. The second kappa shape index (κ2) is 9.82. The summed E-state index contributed by atoms with van der Waals surface area (Å²) in [7, 11) is 0. The molecule has 0 radical (unpaired) electrons. The molecule has 2 N–H and O–H groups in total. The Balaban J connectivity index is 1.25. The van der Waals surface area contributed by atoms with Crippen molar-refractivity contribution in [1.29, 1.82) is 0 Å². The lowest BCUT2D eigenvalue weighted by molar-refractivity contribution is -0.0703. The first kappa shape index (κ1) is 24.7. The largest absolute Gasteiger partial charge is 0.478 e. The zero-order valence-corrected chi connectivity index (χ0v) is 20.5. The summed E-state index contributed by atoms with van der Waals surface area (Å²) in [4.78, 5) is 19.3. The van der Waals surface area contributed by atoms with Gasteiger partial charge >= 0.3 is 5.97 Å². The molecule has 36 heavy (non-hydrogen) atoms. The fraction of sp³-hybridized carbons (Fsp3) is 0.222. The molecule has 3 aromatic rings. The summed E-state index contributed by atoms with van der Waals surface area (Å²) in [6.07, 6.45) is 3.59. The first-order chi connectivity index (χ1) is 17.2. The average Bonchev–Trinajstić information content (AvgIpc) is 3.25. The van der Waals surface area contributed by atoms with Gasteiger partial charge in [0.25, 0.3) is 0 Å². The molecule has 1 saturated heterocycles. The van der Waals surface area contributed by atoms with Gasteiger partial charge in [0.15, 0.2) is 0 Å². The van der Waals surface area contributed by atoms with E-state index in [4.69, 9.17) is 33.1 Å². The SMILES string of the molecule is O=C(O)c1ccc(C2=CC3(CCN(Cc4cc(Cl)c(-c5ccc(F)cc5F)c(Cl)c4)CC3)ON2)cc1. The standard InChI is InChI=1S/C27H22Cl2F2N2O3/c28-21-11-16(12-22(29)25(21)20-6-5-19(30)13-23(20)31)15-33-9-7-27(8-10-33)14-24(32-36-27)17-1-3-18(4-2-17)26(34)35/h1-6,11-14,32H,7-10,15H2,(H,34,35). The van der Waals surface area contributed by atoms with E-state index in [0.717, 1.165) is 48.8 Å². The number of piperidine rings is 1. The third-order valence-corrected chi connectivity index (χ3v) is 7.22. The Bertz CT molecular complexity index is 1330. The maximum absolute atomic E-state index is 14.3. The zero-order chi connectivity index (χ0) is 25.4. The summed E-state index contributed by atoms with van der Waals surface area (Å²) in [5.41, 5.74) is 5.88. The van der Waals surface area contributed by atoms with Crippen LogP contribution in [0.1, 0.15) is 34.3 Å². The molecule has 1 fully saturated rings. The molecule has 2 aliphatic heterocycles. The van der Waals surface area contributed by atoms with Gasteiger partial charge in [0.05, 0.1) is 21.3 Å². The lowest BCUT2D eigenvalue weighted by Gasteiger charge is -2.36. The summed E-state index contributed by atoms with van der Waals surface area (Å²) in [5.74, 6) is -2.35. The van der Waals surface area contributed by atoms with Crippen LogP contribution >= 0.6 is 23.2 Å². The van der Waals surface area contributed by atoms with Gasteiger partial charge in [-0.3, -0.25) is 15.2 Å². The van der Waals surface area contributed by atoms with Gasteiger partial charge in [0, 0.05) is 36.8 Å². The molecule has 5 rings (SSSR count). The first-order valence-electron chi connectivity index (χ1n) is 11.4. The number of aromatic carboxylic acids is 1. The second-order valence-corrected chi connectivity index (χ2v) is 9.86. The zero-order valence-electron chi connectivity index (χ0n) is 19.0. The Morgan fingerprint density at radius 3 is 2.31 bits per heavy atom. The first-order valence-corrected chi connectivity index (χ1v) is 12.1. The molecule has 5 nitrogen and oxygen atoms in total. The minimum atomic E-state index is -0.963. The highest BCUT2D eigenvalue weighted by molar-refractivity contribution is 6.39. The van der Waals surface area contributed by atoms with E-state index in [-0.39, 0.29) is 11.1 Å². The number of benzene rings is 3. The van der Waals surface area contributed by atoms with Gasteiger partial charge in [-0.05, 0) is 66.4 Å². The number of carboxylic acid groups (broad SMARTS) is 1. The summed E-state index contributed by atoms with van der Waals surface area (Å²) in [6.45, 7) is 2.16. The van der Waals surface area contributed by atoms with Gasteiger partial charge < -0.3 is 5.11 Å². The summed E-state index contributed by atoms with van der Waals surface area (Å²) < 4.78 is 27.6. The van der Waals surface area contributed by atoms with Gasteiger partial charge in [-0.2, -0.15) is 0 Å². The molecule has 1 spiro atoms. The van der Waals surface area contributed by atoms with E-state index < -0.39 is 23.2 Å². The van der Waals surface area contributed by atoms with E-state index in [1.54, 1.807) is 36.4 Å². The normalized spacial score (nSPS) is 17.2. The van der Waals surface area contributed by atoms with Crippen molar-refractivity contribution < 1.29 is 23.5 Å². The number of hydrogen-bond acceptors (Lipinski definition) is 4. The van der Waals surface area contributed by atoms with Crippen molar-refractivity contribution >= 4 is 34.9 Å². The van der Waals surface area contributed by atoms with E-state index in [0.29, 0.717) is 22.2 Å². The predicted molar refractivity (Wildman–Crippen MR) is 135 cm³/mol. The minimum absolute atomic E-state index is 0.156. The van der Waals surface area contributed by atoms with E-state index in [9.17, 15) is 13.6 Å². The molecule has 2 heterocycles. The van der Waals surface area contributed by atoms with Gasteiger partial charge in [0.1, 0.15) is 17.2 Å². The minimum Gasteiger partial charge on any atom is -0.478 e. The van der Waals surface area contributed by atoms with Crippen LogP contribution in [0.15, 0.2) is 60.7 Å². The van der Waals surface area contributed by atoms with Crippen molar-refractivity contribution in [2.45, 2.75) is 25.0 Å². The van der Waals surface area contributed by atoms with E-state index in [1.807, 2.05) is 0 Å². The molecule has 0 atom stereocenters. The maximum Gasteiger partial charge on any atom is 0.335 e. The molecule has 0 bridgehead atoms. The highest BCUT2D eigenvalue weighted by Crippen LogP contribution is 2.39. The van der Waals surface area contributed by atoms with Crippen LogP contribution in [0.5, 0.6) is 0 Å². The molecule has 0 amide bonds. The van der Waals surface area contributed by atoms with Crippen LogP contribution < -0.4 is 5.48 Å². The quantitative estimate of drug-likeness (QED) is 0.391. The van der Waals surface area contributed by atoms with Crippen LogP contribution in [0.25, 0.3) is 16.8 Å². The van der Waals surface area contributed by atoms with E-state index >= 15 is 0 Å². The lowest BCUT2D eigenvalue weighted by atomic mass is 9.90. The predicted octanol–water partition coefficient (Wildman–Crippen LogP) is 6.55. The molecule has 0 saturated carbocycles. The van der Waals surface area contributed by atoms with Gasteiger partial charge in [-0.1, -0.05) is 35.3 Å². The molecule has 3 aromatic carbocycles. The summed E-state index contributed by atoms with van der Waals surface area (Å²) in [6, 6.07) is 13.5. The van der Waals surface area contributed by atoms with Crippen molar-refractivity contribution in [3.63, 3.8) is 0 Å². The maximum atomic E-state index is 14.3. The van der Waals surface area contributed by atoms with Crippen molar-refractivity contribution in [2.75, 3.05) is 13.1 Å². The van der Waals surface area contributed by atoms with Gasteiger partial charge in [0.2, 0.25) is 0 Å². The molecular weight excluding hydrogens is 509 g/mol. The number of carbonyl (C=O) groups is 1. The number of hydroxylamine groups is 1.